The topological polar surface area (TPSA) is 39.5 Å². The molecule has 3 nitrogen and oxygen atoms in total. The Morgan fingerprint density at radius 3 is 1.36 bits per heavy atom. The van der Waals surface area contributed by atoms with Gasteiger partial charge in [0.05, 0.1) is 18.0 Å². The Morgan fingerprint density at radius 2 is 0.831 bits per heavy atom. The van der Waals surface area contributed by atoms with Gasteiger partial charge >= 0.3 is 0 Å². The number of para-hydroxylation sites is 3. The summed E-state index contributed by atoms with van der Waals surface area (Å²) in [5.74, 6) is 0.628. The average Bonchev–Trinajstić information content (AvgIpc) is 3.68. The zero-order valence-corrected chi connectivity index (χ0v) is 35.8. The molecule has 0 aliphatic carbocycles. The molecular weight excluding hydrogens is 755 g/mol. The first-order valence-corrected chi connectivity index (χ1v) is 24.1. The van der Waals surface area contributed by atoms with E-state index in [1.54, 1.807) is 0 Å². The van der Waals surface area contributed by atoms with Crippen LogP contribution in [-0.2, 0) is 0 Å². The second-order valence-electron chi connectivity index (χ2n) is 15.7. The van der Waals surface area contributed by atoms with Crippen LogP contribution in [0.4, 0.5) is 11.4 Å². The van der Waals surface area contributed by atoms with Crippen LogP contribution in [0, 0.1) is 0 Å². The Bertz CT molecular complexity index is 2710. The molecule has 8 aromatic carbocycles. The van der Waals surface area contributed by atoms with Gasteiger partial charge in [-0.3, -0.25) is 4.74 Å². The minimum absolute atomic E-state index is 0.300. The average molecular weight is 804 g/mol. The van der Waals surface area contributed by atoms with E-state index in [4.69, 9.17) is 9.16 Å². The smallest absolute Gasteiger partial charge is 0.203 e. The van der Waals surface area contributed by atoms with Crippen LogP contribution in [0.1, 0.15) is 50.7 Å². The first kappa shape index (κ1) is 38.5. The fraction of sp³-hybridized carbons (Fsp3) is 0.111. The zero-order chi connectivity index (χ0) is 40.4. The minimum atomic E-state index is -2.76. The lowest BCUT2D eigenvalue weighted by molar-refractivity contribution is -0.327. The number of hydrogen-bond donors (Lipinski definition) is 1. The van der Waals surface area contributed by atoms with Crippen LogP contribution in [0.2, 0.25) is 0 Å². The van der Waals surface area contributed by atoms with Crippen molar-refractivity contribution in [3.8, 4) is 0 Å². The monoisotopic (exact) mass is 803 g/mol. The van der Waals surface area contributed by atoms with Crippen LogP contribution < -0.4 is 36.6 Å². The van der Waals surface area contributed by atoms with Crippen molar-refractivity contribution >= 4 is 79.2 Å². The highest BCUT2D eigenvalue weighted by atomic mass is 31.2. The Balaban J connectivity index is 1.46. The zero-order valence-electron chi connectivity index (χ0n) is 34.0. The summed E-state index contributed by atoms with van der Waals surface area (Å²) in [5.41, 5.74) is 6.44. The lowest BCUT2D eigenvalue weighted by Crippen LogP contribution is -2.65. The fourth-order valence-corrected chi connectivity index (χ4v) is 16.1. The van der Waals surface area contributed by atoms with Crippen LogP contribution in [0.3, 0.4) is 0 Å². The number of nitrogens with one attached hydrogen (secondary N) is 1. The van der Waals surface area contributed by atoms with Crippen LogP contribution >= 0.6 is 14.1 Å². The molecule has 0 bridgehead atoms. The predicted molar refractivity (Wildman–Crippen MR) is 255 cm³/mol. The summed E-state index contributed by atoms with van der Waals surface area (Å²) in [6.07, 6.45) is 0. The lowest BCUT2D eigenvalue weighted by Gasteiger charge is -2.27. The van der Waals surface area contributed by atoms with E-state index in [-0.39, 0.29) is 0 Å². The third-order valence-corrected chi connectivity index (χ3v) is 18.9. The van der Waals surface area contributed by atoms with E-state index in [0.717, 1.165) is 43.9 Å². The maximum absolute atomic E-state index is 7.60. The summed E-state index contributed by atoms with van der Waals surface area (Å²) in [5, 5.41) is 9.26. The summed E-state index contributed by atoms with van der Waals surface area (Å²) < 4.78 is 17.9. The highest BCUT2D eigenvalue weighted by molar-refractivity contribution is 7.88. The van der Waals surface area contributed by atoms with E-state index in [1.165, 1.54) is 32.3 Å². The van der Waals surface area contributed by atoms with Crippen molar-refractivity contribution in [3.63, 3.8) is 0 Å². The molecule has 59 heavy (non-hydrogen) atoms. The Morgan fingerprint density at radius 1 is 0.407 bits per heavy atom. The highest BCUT2D eigenvalue weighted by Gasteiger charge is 2.38. The number of nitrogens with zero attached hydrogens (tertiary/aromatic N) is 1. The number of fused-ring (bicyclic) bond motifs is 3. The van der Waals surface area contributed by atoms with E-state index < -0.39 is 14.1 Å². The maximum atomic E-state index is 7.60. The molecule has 0 fully saturated rings. The molecular formula is C54H49N2OP2+. The summed E-state index contributed by atoms with van der Waals surface area (Å²) >= 11 is 0. The molecule has 0 saturated heterocycles. The second kappa shape index (κ2) is 16.3. The molecule has 0 radical (unpaired) electrons. The number of hydrogen-bond acceptors (Lipinski definition) is 2. The molecule has 0 saturated carbocycles. The third-order valence-electron chi connectivity index (χ3n) is 11.4. The predicted octanol–water partition coefficient (Wildman–Crippen LogP) is 11.5. The molecule has 1 N–H and O–H groups in total. The summed E-state index contributed by atoms with van der Waals surface area (Å²) in [4.78, 5) is 0. The molecule has 0 amide bonds. The van der Waals surface area contributed by atoms with Gasteiger partial charge in [-0.25, -0.2) is 4.74 Å². The van der Waals surface area contributed by atoms with Gasteiger partial charge in [-0.15, -0.1) is 0 Å². The van der Waals surface area contributed by atoms with Gasteiger partial charge in [0, 0.05) is 48.9 Å². The number of benzene rings is 8. The number of furan rings is 1. The van der Waals surface area contributed by atoms with E-state index in [0.29, 0.717) is 11.8 Å². The largest absolute Gasteiger partial charge is 0.454 e. The first-order chi connectivity index (χ1) is 28.9. The third kappa shape index (κ3) is 6.83. The molecule has 1 aromatic heterocycles. The molecule has 0 aliphatic rings. The molecule has 9 aromatic rings. The van der Waals surface area contributed by atoms with Crippen molar-refractivity contribution in [3.05, 3.63) is 217 Å². The Kier molecular flexibility index (Phi) is 10.7. The Labute approximate surface area is 348 Å². The van der Waals surface area contributed by atoms with Gasteiger partial charge in [-0.2, -0.15) is 0 Å². The molecule has 0 spiro atoms. The van der Waals surface area contributed by atoms with Gasteiger partial charge in [-0.1, -0.05) is 185 Å². The second-order valence-corrected chi connectivity index (χ2v) is 21.8. The van der Waals surface area contributed by atoms with Gasteiger partial charge in [0.15, 0.2) is 7.05 Å². The number of rotatable bonds is 10. The van der Waals surface area contributed by atoms with E-state index in [1.807, 2.05) is 0 Å². The van der Waals surface area contributed by atoms with Crippen molar-refractivity contribution in [2.24, 2.45) is 4.74 Å². The molecule has 5 heteroatoms. The molecule has 9 rings (SSSR count). The van der Waals surface area contributed by atoms with Crippen molar-refractivity contribution in [2.75, 3.05) is 0 Å². The quantitative estimate of drug-likeness (QED) is 0.137. The molecule has 290 valence electrons. The van der Waals surface area contributed by atoms with Gasteiger partial charge in [0.25, 0.3) is 0 Å². The van der Waals surface area contributed by atoms with Crippen molar-refractivity contribution < 1.29 is 9.16 Å². The molecule has 0 aliphatic heterocycles. The summed E-state index contributed by atoms with van der Waals surface area (Å²) in [6.45, 7) is 9.05. The standard InChI is InChI=1S/C54H48N2OP2/c1-39(2)45-31-17-19-35-49(45)55-58(41-23-9-5-10-24-41,42-25-11-6-12-26-42)51-37-21-33-47-48-34-22-38-52(54(48)57-53(47)51)59(43-27-13-7-14-28-43,44-29-15-8-16-30-44)56-50-36-20-18-32-46(50)40(3)4/h5-40H,1-4H3/p+1. The van der Waals surface area contributed by atoms with Crippen molar-refractivity contribution in [2.45, 2.75) is 39.5 Å². The molecule has 0 unspecified atom stereocenters. The van der Waals surface area contributed by atoms with Crippen LogP contribution in [0.15, 0.2) is 215 Å². The van der Waals surface area contributed by atoms with Crippen LogP contribution in [-0.4, -0.2) is 0 Å². The normalized spacial score (nSPS) is 12.0. The molecule has 0 atom stereocenters. The van der Waals surface area contributed by atoms with Crippen molar-refractivity contribution in [1.82, 2.24) is 0 Å². The minimum Gasteiger partial charge on any atom is -0.454 e. The van der Waals surface area contributed by atoms with E-state index in [9.17, 15) is 0 Å². The van der Waals surface area contributed by atoms with E-state index in [2.05, 4.69) is 239 Å². The fourth-order valence-electron chi connectivity index (χ4n) is 8.62. The summed E-state index contributed by atoms with van der Waals surface area (Å²) in [7, 11) is -5.41. The SMILES string of the molecule is CC(C)c1ccccc1N=P(c1ccccc1)(c1ccccc1)c1cccc2c1oc1c(P(=[NH+]c3ccccc3C(C)C)(c3ccccc3)c3ccccc3)cccc12. The van der Waals surface area contributed by atoms with Crippen molar-refractivity contribution in [1.29, 1.82) is 0 Å². The van der Waals surface area contributed by atoms with Gasteiger partial charge < -0.3 is 4.42 Å². The van der Waals surface area contributed by atoms with Gasteiger partial charge in [0.2, 0.25) is 5.69 Å². The van der Waals surface area contributed by atoms with Crippen LogP contribution in [0.25, 0.3) is 21.9 Å². The Hall–Kier alpha value is -5.98. The highest BCUT2D eigenvalue weighted by Crippen LogP contribution is 2.53. The summed E-state index contributed by atoms with van der Waals surface area (Å²) in [6, 6.07) is 74.7. The van der Waals surface area contributed by atoms with Gasteiger partial charge in [0.1, 0.15) is 11.2 Å². The molecule has 1 heterocycles. The first-order valence-electron chi connectivity index (χ1n) is 20.6. The lowest BCUT2D eigenvalue weighted by atomic mass is 10.0. The van der Waals surface area contributed by atoms with E-state index >= 15 is 0 Å². The maximum Gasteiger partial charge on any atom is 0.203 e. The van der Waals surface area contributed by atoms with Crippen LogP contribution in [0.5, 0.6) is 0 Å². The van der Waals surface area contributed by atoms with Gasteiger partial charge in [-0.05, 0) is 59.9 Å².